The van der Waals surface area contributed by atoms with E-state index in [-0.39, 0.29) is 0 Å². The Hall–Kier alpha value is -1.27. The van der Waals surface area contributed by atoms with Crippen LogP contribution in [0.5, 0.6) is 0 Å². The molecule has 86 valence electrons. The SMILES string of the molecule is COCCSCc1noc(-c2ccoc2)n1. The van der Waals surface area contributed by atoms with Crippen molar-refractivity contribution < 1.29 is 13.7 Å². The molecule has 0 saturated carbocycles. The number of hydrogen-bond donors (Lipinski definition) is 0. The molecular weight excluding hydrogens is 228 g/mol. The summed E-state index contributed by atoms with van der Waals surface area (Å²) in [5, 5.41) is 3.88. The van der Waals surface area contributed by atoms with Gasteiger partial charge in [0.25, 0.3) is 5.89 Å². The molecule has 0 spiro atoms. The quantitative estimate of drug-likeness (QED) is 0.721. The Labute approximate surface area is 97.2 Å². The van der Waals surface area contributed by atoms with E-state index in [1.807, 2.05) is 0 Å². The Morgan fingerprint density at radius 3 is 3.19 bits per heavy atom. The molecule has 0 radical (unpaired) electrons. The van der Waals surface area contributed by atoms with E-state index in [9.17, 15) is 0 Å². The zero-order chi connectivity index (χ0) is 11.2. The van der Waals surface area contributed by atoms with E-state index >= 15 is 0 Å². The van der Waals surface area contributed by atoms with Crippen LogP contribution >= 0.6 is 11.8 Å². The van der Waals surface area contributed by atoms with E-state index in [0.29, 0.717) is 11.7 Å². The molecule has 0 fully saturated rings. The third kappa shape index (κ3) is 2.86. The third-order valence-electron chi connectivity index (χ3n) is 1.90. The number of rotatable bonds is 6. The van der Waals surface area contributed by atoms with Crippen LogP contribution in [0.1, 0.15) is 5.82 Å². The second-order valence-corrected chi connectivity index (χ2v) is 4.18. The Bertz CT molecular complexity index is 413. The second-order valence-electron chi connectivity index (χ2n) is 3.07. The summed E-state index contributed by atoms with van der Waals surface area (Å²) in [6, 6.07) is 1.79. The van der Waals surface area contributed by atoms with Gasteiger partial charge in [-0.1, -0.05) is 5.16 Å². The van der Waals surface area contributed by atoms with E-state index in [4.69, 9.17) is 13.7 Å². The molecule has 5 nitrogen and oxygen atoms in total. The Balaban J connectivity index is 1.88. The van der Waals surface area contributed by atoms with Gasteiger partial charge < -0.3 is 13.7 Å². The number of nitrogens with zero attached hydrogens (tertiary/aromatic N) is 2. The number of methoxy groups -OCH3 is 1. The van der Waals surface area contributed by atoms with Crippen molar-refractivity contribution in [3.05, 3.63) is 24.4 Å². The van der Waals surface area contributed by atoms with Crippen molar-refractivity contribution in [1.82, 2.24) is 10.1 Å². The van der Waals surface area contributed by atoms with Crippen LogP contribution in [-0.4, -0.2) is 29.6 Å². The van der Waals surface area contributed by atoms with Gasteiger partial charge >= 0.3 is 0 Å². The second kappa shape index (κ2) is 5.72. The van der Waals surface area contributed by atoms with E-state index in [1.54, 1.807) is 37.5 Å². The summed E-state index contributed by atoms with van der Waals surface area (Å²) >= 11 is 1.71. The molecule has 0 amide bonds. The highest BCUT2D eigenvalue weighted by molar-refractivity contribution is 7.98. The molecule has 2 heterocycles. The summed E-state index contributed by atoms with van der Waals surface area (Å²) in [5.41, 5.74) is 0.806. The molecule has 0 bridgehead atoms. The largest absolute Gasteiger partial charge is 0.472 e. The first-order chi connectivity index (χ1) is 7.90. The monoisotopic (exact) mass is 240 g/mol. The van der Waals surface area contributed by atoms with Crippen LogP contribution in [0.25, 0.3) is 11.5 Å². The van der Waals surface area contributed by atoms with Gasteiger partial charge in [0, 0.05) is 12.9 Å². The smallest absolute Gasteiger partial charge is 0.261 e. The molecule has 2 rings (SSSR count). The van der Waals surface area contributed by atoms with Crippen molar-refractivity contribution in [1.29, 1.82) is 0 Å². The van der Waals surface area contributed by atoms with E-state index in [0.717, 1.165) is 23.7 Å². The fourth-order valence-corrected chi connectivity index (χ4v) is 1.85. The molecule has 0 N–H and O–H groups in total. The molecule has 0 saturated heterocycles. The van der Waals surface area contributed by atoms with Crippen molar-refractivity contribution in [3.8, 4) is 11.5 Å². The minimum atomic E-state index is 0.496. The Morgan fingerprint density at radius 1 is 1.50 bits per heavy atom. The molecule has 0 unspecified atom stereocenters. The van der Waals surface area contributed by atoms with Crippen molar-refractivity contribution in [2.75, 3.05) is 19.5 Å². The van der Waals surface area contributed by atoms with Crippen LogP contribution in [-0.2, 0) is 10.5 Å². The maximum Gasteiger partial charge on any atom is 0.261 e. The fraction of sp³-hybridized carbons (Fsp3) is 0.400. The summed E-state index contributed by atoms with van der Waals surface area (Å²) in [7, 11) is 1.69. The number of furan rings is 1. The summed E-state index contributed by atoms with van der Waals surface area (Å²) in [4.78, 5) is 4.25. The lowest BCUT2D eigenvalue weighted by Crippen LogP contribution is -1.93. The minimum Gasteiger partial charge on any atom is -0.472 e. The number of hydrogen-bond acceptors (Lipinski definition) is 6. The lowest BCUT2D eigenvalue weighted by molar-refractivity contribution is 0.218. The first kappa shape index (κ1) is 11.2. The van der Waals surface area contributed by atoms with Gasteiger partial charge in [0.05, 0.1) is 24.2 Å². The highest BCUT2D eigenvalue weighted by atomic mass is 32.2. The van der Waals surface area contributed by atoms with Crippen LogP contribution in [0, 0.1) is 0 Å². The van der Waals surface area contributed by atoms with Crippen LogP contribution in [0.4, 0.5) is 0 Å². The van der Waals surface area contributed by atoms with Crippen LogP contribution in [0.3, 0.4) is 0 Å². The van der Waals surface area contributed by atoms with Gasteiger partial charge in [-0.2, -0.15) is 16.7 Å². The number of aromatic nitrogens is 2. The predicted octanol–water partition coefficient (Wildman–Crippen LogP) is 2.21. The molecule has 0 aliphatic heterocycles. The highest BCUT2D eigenvalue weighted by Gasteiger charge is 2.09. The number of ether oxygens (including phenoxy) is 1. The summed E-state index contributed by atoms with van der Waals surface area (Å²) in [6.45, 7) is 0.733. The van der Waals surface area contributed by atoms with E-state index in [2.05, 4.69) is 10.1 Å². The molecule has 0 aliphatic carbocycles. The first-order valence-corrected chi connectivity index (χ1v) is 5.97. The van der Waals surface area contributed by atoms with Crippen molar-refractivity contribution in [2.24, 2.45) is 0 Å². The van der Waals surface area contributed by atoms with Crippen molar-refractivity contribution in [3.63, 3.8) is 0 Å². The average molecular weight is 240 g/mol. The molecule has 2 aromatic heterocycles. The van der Waals surface area contributed by atoms with Gasteiger partial charge in [0.2, 0.25) is 0 Å². The van der Waals surface area contributed by atoms with E-state index < -0.39 is 0 Å². The summed E-state index contributed by atoms with van der Waals surface area (Å²) in [5.74, 6) is 2.84. The summed E-state index contributed by atoms with van der Waals surface area (Å²) < 4.78 is 15.0. The fourth-order valence-electron chi connectivity index (χ4n) is 1.12. The molecular formula is C10H12N2O3S. The maximum atomic E-state index is 5.10. The molecule has 0 aliphatic rings. The molecule has 16 heavy (non-hydrogen) atoms. The third-order valence-corrected chi connectivity index (χ3v) is 2.82. The van der Waals surface area contributed by atoms with Gasteiger partial charge in [-0.25, -0.2) is 0 Å². The van der Waals surface area contributed by atoms with Gasteiger partial charge in [0.15, 0.2) is 5.82 Å². The van der Waals surface area contributed by atoms with E-state index in [1.165, 1.54) is 0 Å². The average Bonchev–Trinajstić information content (AvgIpc) is 2.94. The molecule has 2 aromatic rings. The molecule has 0 aromatic carbocycles. The number of thioether (sulfide) groups is 1. The maximum absolute atomic E-state index is 5.10. The highest BCUT2D eigenvalue weighted by Crippen LogP contribution is 2.18. The summed E-state index contributed by atoms with van der Waals surface area (Å²) in [6.07, 6.45) is 3.15. The zero-order valence-corrected chi connectivity index (χ0v) is 9.70. The Morgan fingerprint density at radius 2 is 2.44 bits per heavy atom. The topological polar surface area (TPSA) is 61.3 Å². The molecule has 0 atom stereocenters. The molecule has 6 heteroatoms. The van der Waals surface area contributed by atoms with Gasteiger partial charge in [-0.15, -0.1) is 0 Å². The van der Waals surface area contributed by atoms with Crippen molar-refractivity contribution >= 4 is 11.8 Å². The standard InChI is InChI=1S/C10H12N2O3S/c1-13-4-5-16-7-9-11-10(15-12-9)8-2-3-14-6-8/h2-3,6H,4-5,7H2,1H3. The predicted molar refractivity (Wildman–Crippen MR) is 60.0 cm³/mol. The Kier molecular flexibility index (Phi) is 4.01. The van der Waals surface area contributed by atoms with Crippen LogP contribution in [0.15, 0.2) is 27.5 Å². The van der Waals surface area contributed by atoms with Gasteiger partial charge in [-0.3, -0.25) is 0 Å². The minimum absolute atomic E-state index is 0.496. The first-order valence-electron chi connectivity index (χ1n) is 4.82. The van der Waals surface area contributed by atoms with Crippen molar-refractivity contribution in [2.45, 2.75) is 5.75 Å². The normalized spacial score (nSPS) is 10.8. The lowest BCUT2D eigenvalue weighted by Gasteiger charge is -1.95. The van der Waals surface area contributed by atoms with Crippen LogP contribution < -0.4 is 0 Å². The lowest BCUT2D eigenvalue weighted by atomic mass is 10.3. The van der Waals surface area contributed by atoms with Gasteiger partial charge in [-0.05, 0) is 6.07 Å². The van der Waals surface area contributed by atoms with Crippen LogP contribution in [0.2, 0.25) is 0 Å². The van der Waals surface area contributed by atoms with Gasteiger partial charge in [0.1, 0.15) is 6.26 Å². The zero-order valence-electron chi connectivity index (χ0n) is 8.88.